The van der Waals surface area contributed by atoms with E-state index in [1.165, 1.54) is 6.07 Å². The van der Waals surface area contributed by atoms with Crippen LogP contribution in [0.1, 0.15) is 25.7 Å². The van der Waals surface area contributed by atoms with Gasteiger partial charge in [0, 0.05) is 33.3 Å². The summed E-state index contributed by atoms with van der Waals surface area (Å²) in [4.78, 5) is 3.27. The molecule has 2 aromatic heterocycles. The van der Waals surface area contributed by atoms with Crippen LogP contribution in [0, 0.1) is 0 Å². The Morgan fingerprint density at radius 3 is 2.74 bits per heavy atom. The average Bonchev–Trinajstić information content (AvgIpc) is 3.35. The molecule has 8 nitrogen and oxygen atoms in total. The number of ether oxygens (including phenoxy) is 1. The van der Waals surface area contributed by atoms with Crippen molar-refractivity contribution in [2.45, 2.75) is 31.3 Å². The molecule has 0 radical (unpaired) electrons. The highest BCUT2D eigenvalue weighted by atomic mass is 79.9. The lowest BCUT2D eigenvalue weighted by Crippen LogP contribution is -2.29. The molecule has 0 saturated heterocycles. The molecule has 0 spiro atoms. The number of halogens is 2. The summed E-state index contributed by atoms with van der Waals surface area (Å²) in [6.07, 6.45) is 1.86. The van der Waals surface area contributed by atoms with Crippen molar-refractivity contribution >= 4 is 52.8 Å². The number of nitrogens with zero attached hydrogens (tertiary/aromatic N) is 3. The molecule has 0 unspecified atom stereocenters. The van der Waals surface area contributed by atoms with Crippen LogP contribution in [-0.2, 0) is 16.6 Å². The molecule has 4 aromatic rings. The second-order valence-corrected chi connectivity index (χ2v) is 10.3. The second-order valence-electron chi connectivity index (χ2n) is 6.83. The maximum absolute atomic E-state index is 12.9. The van der Waals surface area contributed by atoms with E-state index in [1.54, 1.807) is 23.6 Å². The predicted molar refractivity (Wildman–Crippen MR) is 125 cm³/mol. The fraction of sp³-hybridized carbons (Fsp3) is 0.200. The molecule has 0 fully saturated rings. The number of hydrogen-bond donors (Lipinski definition) is 2. The highest BCUT2D eigenvalue weighted by Gasteiger charge is 2.25. The number of benzene rings is 2. The van der Waals surface area contributed by atoms with Crippen molar-refractivity contribution in [3.05, 3.63) is 63.4 Å². The van der Waals surface area contributed by atoms with Gasteiger partial charge < -0.3 is 9.72 Å². The predicted octanol–water partition coefficient (Wildman–Crippen LogP) is 5.14. The lowest BCUT2D eigenvalue weighted by atomic mass is 10.2. The highest BCUT2D eigenvalue weighted by molar-refractivity contribution is 9.11. The fourth-order valence-corrected chi connectivity index (χ4v) is 5.92. The van der Waals surface area contributed by atoms with Gasteiger partial charge in [0.05, 0.1) is 10.9 Å². The van der Waals surface area contributed by atoms with E-state index < -0.39 is 16.1 Å². The third-order valence-corrected chi connectivity index (χ3v) is 7.73. The van der Waals surface area contributed by atoms with Gasteiger partial charge in [-0.3, -0.25) is 4.57 Å². The monoisotopic (exact) mass is 567 g/mol. The number of aromatic nitrogens is 4. The lowest BCUT2D eigenvalue weighted by molar-refractivity contribution is 0.408. The minimum atomic E-state index is -3.81. The zero-order chi connectivity index (χ0) is 22.2. The van der Waals surface area contributed by atoms with E-state index in [4.69, 9.17) is 4.74 Å². The van der Waals surface area contributed by atoms with E-state index in [1.807, 2.05) is 37.4 Å². The number of nitrogens with one attached hydrogen (secondary N) is 2. The lowest BCUT2D eigenvalue weighted by Gasteiger charge is -2.16. The van der Waals surface area contributed by atoms with E-state index in [2.05, 4.69) is 51.8 Å². The van der Waals surface area contributed by atoms with Crippen molar-refractivity contribution < 1.29 is 13.2 Å². The number of H-pyrrole nitrogens is 1. The molecule has 162 valence electrons. The quantitative estimate of drug-likeness (QED) is 0.321. The van der Waals surface area contributed by atoms with E-state index in [9.17, 15) is 8.42 Å². The van der Waals surface area contributed by atoms with Crippen molar-refractivity contribution in [1.29, 1.82) is 0 Å². The zero-order valence-electron chi connectivity index (χ0n) is 16.6. The highest BCUT2D eigenvalue weighted by Crippen LogP contribution is 2.29. The Labute approximate surface area is 196 Å². The molecule has 0 saturated carbocycles. The second kappa shape index (κ2) is 8.73. The topological polar surface area (TPSA) is 102 Å². The molecule has 4 rings (SSSR count). The van der Waals surface area contributed by atoms with Gasteiger partial charge >= 0.3 is 6.01 Å². The molecule has 0 amide bonds. The van der Waals surface area contributed by atoms with Gasteiger partial charge in [-0.15, -0.1) is 5.10 Å². The summed E-state index contributed by atoms with van der Waals surface area (Å²) >= 11 is 6.61. The molecular weight excluding hydrogens is 550 g/mol. The molecule has 2 heterocycles. The Morgan fingerprint density at radius 1 is 1.16 bits per heavy atom. The SMILES string of the molecule is CCn1c(Oc2ccc3cc[nH]c3c2)nnc1[C@@H](C)NS(=O)(=O)c1cc(Br)ccc1Br. The van der Waals surface area contributed by atoms with Crippen molar-refractivity contribution in [2.24, 2.45) is 0 Å². The van der Waals surface area contributed by atoms with E-state index in [0.717, 1.165) is 10.9 Å². The average molecular weight is 569 g/mol. The van der Waals surface area contributed by atoms with Crippen LogP contribution in [0.3, 0.4) is 0 Å². The largest absolute Gasteiger partial charge is 0.424 e. The third kappa shape index (κ3) is 4.54. The Hall–Kier alpha value is -2.21. The number of sulfonamides is 1. The Balaban J connectivity index is 1.59. The molecule has 2 N–H and O–H groups in total. The van der Waals surface area contributed by atoms with E-state index in [-0.39, 0.29) is 10.9 Å². The van der Waals surface area contributed by atoms with Gasteiger partial charge in [0.2, 0.25) is 10.0 Å². The summed E-state index contributed by atoms with van der Waals surface area (Å²) in [5, 5.41) is 9.40. The van der Waals surface area contributed by atoms with Crippen LogP contribution in [0.25, 0.3) is 10.9 Å². The third-order valence-electron chi connectivity index (χ3n) is 4.70. The molecule has 0 aliphatic heterocycles. The summed E-state index contributed by atoms with van der Waals surface area (Å²) in [6.45, 7) is 4.14. The van der Waals surface area contributed by atoms with Crippen LogP contribution in [0.15, 0.2) is 62.5 Å². The van der Waals surface area contributed by atoms with Gasteiger partial charge in [-0.25, -0.2) is 13.1 Å². The minimum absolute atomic E-state index is 0.131. The van der Waals surface area contributed by atoms with Crippen LogP contribution in [0.5, 0.6) is 11.8 Å². The van der Waals surface area contributed by atoms with Crippen molar-refractivity contribution in [3.8, 4) is 11.8 Å². The summed E-state index contributed by atoms with van der Waals surface area (Å²) in [7, 11) is -3.81. The minimum Gasteiger partial charge on any atom is -0.424 e. The van der Waals surface area contributed by atoms with Crippen LogP contribution in [0.2, 0.25) is 0 Å². The molecule has 0 aliphatic carbocycles. The van der Waals surface area contributed by atoms with Crippen molar-refractivity contribution in [3.63, 3.8) is 0 Å². The fourth-order valence-electron chi connectivity index (χ4n) is 3.22. The van der Waals surface area contributed by atoms with Crippen molar-refractivity contribution in [1.82, 2.24) is 24.5 Å². The van der Waals surface area contributed by atoms with Gasteiger partial charge in [-0.2, -0.15) is 0 Å². The van der Waals surface area contributed by atoms with Crippen LogP contribution in [0.4, 0.5) is 0 Å². The maximum atomic E-state index is 12.9. The van der Waals surface area contributed by atoms with Gasteiger partial charge in [0.15, 0.2) is 5.82 Å². The number of hydrogen-bond acceptors (Lipinski definition) is 5. The summed E-state index contributed by atoms with van der Waals surface area (Å²) < 4.78 is 37.3. The van der Waals surface area contributed by atoms with Gasteiger partial charge in [0.25, 0.3) is 0 Å². The zero-order valence-corrected chi connectivity index (χ0v) is 20.6. The molecule has 31 heavy (non-hydrogen) atoms. The number of fused-ring (bicyclic) bond motifs is 1. The standard InChI is InChI=1S/C20H19Br2N5O3S/c1-3-27-19(12(2)26-31(28,29)18-10-14(21)5-7-16(18)22)24-25-20(27)30-15-6-4-13-8-9-23-17(13)11-15/h4-12,23,26H,3H2,1-2H3/t12-/m1/s1. The van der Waals surface area contributed by atoms with Gasteiger partial charge in [-0.05, 0) is 71.6 Å². The first-order valence-corrected chi connectivity index (χ1v) is 12.5. The number of aromatic amines is 1. The smallest absolute Gasteiger partial charge is 0.322 e. The molecule has 1 atom stereocenters. The van der Waals surface area contributed by atoms with Gasteiger partial charge in [0.1, 0.15) is 5.75 Å². The van der Waals surface area contributed by atoms with Crippen molar-refractivity contribution in [2.75, 3.05) is 0 Å². The van der Waals surface area contributed by atoms with E-state index in [0.29, 0.717) is 27.1 Å². The first kappa shape index (κ1) is 22.0. The molecular formula is C20H19Br2N5O3S. The Morgan fingerprint density at radius 2 is 1.97 bits per heavy atom. The first-order chi connectivity index (χ1) is 14.8. The van der Waals surface area contributed by atoms with E-state index >= 15 is 0 Å². The Bertz CT molecular complexity index is 1350. The molecule has 0 bridgehead atoms. The van der Waals surface area contributed by atoms with Crippen LogP contribution < -0.4 is 9.46 Å². The Kier molecular flexibility index (Phi) is 6.20. The molecule has 2 aromatic carbocycles. The van der Waals surface area contributed by atoms with Crippen LogP contribution in [-0.4, -0.2) is 28.2 Å². The molecule has 11 heteroatoms. The molecule has 0 aliphatic rings. The van der Waals surface area contributed by atoms with Crippen LogP contribution >= 0.6 is 31.9 Å². The summed E-state index contributed by atoms with van der Waals surface area (Å²) in [6, 6.07) is 12.3. The normalized spacial score (nSPS) is 12.9. The van der Waals surface area contributed by atoms with Gasteiger partial charge in [-0.1, -0.05) is 21.0 Å². The summed E-state index contributed by atoms with van der Waals surface area (Å²) in [5.74, 6) is 1.06. The number of rotatable bonds is 7. The maximum Gasteiger partial charge on any atom is 0.322 e. The summed E-state index contributed by atoms with van der Waals surface area (Å²) in [5.41, 5.74) is 0.945. The first-order valence-electron chi connectivity index (χ1n) is 9.44.